The Balaban J connectivity index is 2.09. The molecule has 0 radical (unpaired) electrons. The molecule has 0 aliphatic carbocycles. The second-order valence-electron chi connectivity index (χ2n) is 6.17. The number of hydrogen-bond donors (Lipinski definition) is 3. The normalized spacial score (nSPS) is 10.2. The molecule has 28 heavy (non-hydrogen) atoms. The van der Waals surface area contributed by atoms with Gasteiger partial charge in [0.25, 0.3) is 5.91 Å². The van der Waals surface area contributed by atoms with E-state index < -0.39 is 5.91 Å². The van der Waals surface area contributed by atoms with E-state index in [9.17, 15) is 9.59 Å². The fourth-order valence-electron chi connectivity index (χ4n) is 2.36. The summed E-state index contributed by atoms with van der Waals surface area (Å²) in [6.07, 6.45) is 0. The molecule has 0 aliphatic rings. The highest BCUT2D eigenvalue weighted by atomic mass is 32.1. The highest BCUT2D eigenvalue weighted by molar-refractivity contribution is 7.80. The van der Waals surface area contributed by atoms with Gasteiger partial charge in [-0.1, -0.05) is 26.0 Å². The van der Waals surface area contributed by atoms with Crippen molar-refractivity contribution in [1.82, 2.24) is 5.32 Å². The van der Waals surface area contributed by atoms with Crippen molar-refractivity contribution < 1.29 is 19.1 Å². The van der Waals surface area contributed by atoms with Gasteiger partial charge in [0, 0.05) is 17.3 Å². The Labute approximate surface area is 169 Å². The molecule has 2 amide bonds. The Hall–Kier alpha value is -3.13. The van der Waals surface area contributed by atoms with Gasteiger partial charge in [-0.2, -0.15) is 0 Å². The Morgan fingerprint density at radius 2 is 1.46 bits per heavy atom. The predicted octanol–water partition coefficient (Wildman–Crippen LogP) is 3.43. The zero-order chi connectivity index (χ0) is 20.7. The van der Waals surface area contributed by atoms with E-state index in [4.69, 9.17) is 21.7 Å². The molecule has 0 bridgehead atoms. The maximum absolute atomic E-state index is 12.6. The predicted molar refractivity (Wildman–Crippen MR) is 113 cm³/mol. The lowest BCUT2D eigenvalue weighted by molar-refractivity contribution is -0.118. The number of benzene rings is 2. The Bertz CT molecular complexity index is 861. The van der Waals surface area contributed by atoms with E-state index in [1.54, 1.807) is 42.5 Å². The summed E-state index contributed by atoms with van der Waals surface area (Å²) < 4.78 is 10.5. The van der Waals surface area contributed by atoms with Crippen LogP contribution in [0.15, 0.2) is 42.5 Å². The standard InChI is InChI=1S/C20H23N3O4S/c1-12(2)18(24)21-13-7-5-8-14(11-13)22-20(28)23-19(25)17-15(26-3)9-6-10-16(17)27-4/h5-12H,1-4H3,(H,21,24)(H2,22,23,25,28). The van der Waals surface area contributed by atoms with Crippen molar-refractivity contribution >= 4 is 40.5 Å². The van der Waals surface area contributed by atoms with Crippen LogP contribution < -0.4 is 25.4 Å². The first-order chi connectivity index (χ1) is 13.3. The number of rotatable bonds is 6. The van der Waals surface area contributed by atoms with Crippen LogP contribution in [0.25, 0.3) is 0 Å². The minimum atomic E-state index is -0.462. The molecule has 0 aliphatic heterocycles. The topological polar surface area (TPSA) is 88.7 Å². The highest BCUT2D eigenvalue weighted by Gasteiger charge is 2.19. The van der Waals surface area contributed by atoms with Crippen LogP contribution in [0.2, 0.25) is 0 Å². The number of ether oxygens (including phenoxy) is 2. The minimum Gasteiger partial charge on any atom is -0.496 e. The molecule has 3 N–H and O–H groups in total. The second-order valence-corrected chi connectivity index (χ2v) is 6.58. The summed E-state index contributed by atoms with van der Waals surface area (Å²) >= 11 is 5.23. The van der Waals surface area contributed by atoms with E-state index in [1.807, 2.05) is 13.8 Å². The van der Waals surface area contributed by atoms with E-state index in [0.717, 1.165) is 0 Å². The monoisotopic (exact) mass is 401 g/mol. The fraction of sp³-hybridized carbons (Fsp3) is 0.250. The van der Waals surface area contributed by atoms with E-state index in [0.29, 0.717) is 22.9 Å². The Kier molecular flexibility index (Phi) is 7.34. The summed E-state index contributed by atoms with van der Waals surface area (Å²) in [6, 6.07) is 12.1. The molecule has 2 aromatic rings. The summed E-state index contributed by atoms with van der Waals surface area (Å²) in [5, 5.41) is 8.44. The third-order valence-corrected chi connectivity index (χ3v) is 4.00. The van der Waals surface area contributed by atoms with Crippen LogP contribution >= 0.6 is 12.2 Å². The van der Waals surface area contributed by atoms with Gasteiger partial charge in [0.05, 0.1) is 14.2 Å². The van der Waals surface area contributed by atoms with Crippen LogP contribution in [-0.2, 0) is 4.79 Å². The molecule has 0 aromatic heterocycles. The molecule has 2 aromatic carbocycles. The molecule has 7 nitrogen and oxygen atoms in total. The van der Waals surface area contributed by atoms with Crippen molar-refractivity contribution in [2.24, 2.45) is 5.92 Å². The summed E-state index contributed by atoms with van der Waals surface area (Å²) in [7, 11) is 2.94. The lowest BCUT2D eigenvalue weighted by Crippen LogP contribution is -2.34. The van der Waals surface area contributed by atoms with Gasteiger partial charge in [-0.25, -0.2) is 0 Å². The number of anilines is 2. The van der Waals surface area contributed by atoms with Crippen LogP contribution in [0.5, 0.6) is 11.5 Å². The lowest BCUT2D eigenvalue weighted by Gasteiger charge is -2.15. The number of carbonyl (C=O) groups is 2. The second kappa shape index (κ2) is 9.70. The molecule has 0 spiro atoms. The van der Waals surface area contributed by atoms with Gasteiger partial charge in [-0.05, 0) is 42.5 Å². The molecule has 148 valence electrons. The van der Waals surface area contributed by atoms with Crippen molar-refractivity contribution in [3.63, 3.8) is 0 Å². The van der Waals surface area contributed by atoms with Crippen molar-refractivity contribution in [2.45, 2.75) is 13.8 Å². The molecule has 0 fully saturated rings. The van der Waals surface area contributed by atoms with Crippen molar-refractivity contribution in [3.05, 3.63) is 48.0 Å². The average molecular weight is 401 g/mol. The zero-order valence-corrected chi connectivity index (χ0v) is 17.0. The van der Waals surface area contributed by atoms with Crippen molar-refractivity contribution in [2.75, 3.05) is 24.9 Å². The van der Waals surface area contributed by atoms with E-state index in [2.05, 4.69) is 16.0 Å². The minimum absolute atomic E-state index is 0.0868. The first-order valence-corrected chi connectivity index (χ1v) is 9.00. The third-order valence-electron chi connectivity index (χ3n) is 3.79. The smallest absolute Gasteiger partial charge is 0.264 e. The third kappa shape index (κ3) is 5.43. The Morgan fingerprint density at radius 1 is 0.929 bits per heavy atom. The van der Waals surface area contributed by atoms with Gasteiger partial charge in [-0.3, -0.25) is 14.9 Å². The van der Waals surface area contributed by atoms with E-state index in [1.165, 1.54) is 14.2 Å². The van der Waals surface area contributed by atoms with Crippen molar-refractivity contribution in [3.8, 4) is 11.5 Å². The molecule has 0 unspecified atom stereocenters. The van der Waals surface area contributed by atoms with Gasteiger partial charge in [0.1, 0.15) is 17.1 Å². The molecule has 0 heterocycles. The average Bonchev–Trinajstić information content (AvgIpc) is 2.67. The van der Waals surface area contributed by atoms with Gasteiger partial charge in [-0.15, -0.1) is 0 Å². The molecule has 0 atom stereocenters. The fourth-order valence-corrected chi connectivity index (χ4v) is 2.57. The lowest BCUT2D eigenvalue weighted by atomic mass is 10.1. The number of carbonyl (C=O) groups excluding carboxylic acids is 2. The largest absolute Gasteiger partial charge is 0.496 e. The van der Waals surface area contributed by atoms with E-state index in [-0.39, 0.29) is 22.5 Å². The molecule has 2 rings (SSSR count). The van der Waals surface area contributed by atoms with Gasteiger partial charge >= 0.3 is 0 Å². The molecule has 8 heteroatoms. The zero-order valence-electron chi connectivity index (χ0n) is 16.2. The highest BCUT2D eigenvalue weighted by Crippen LogP contribution is 2.28. The molecule has 0 saturated carbocycles. The Morgan fingerprint density at radius 3 is 2.00 bits per heavy atom. The van der Waals surface area contributed by atoms with Gasteiger partial charge in [0.2, 0.25) is 5.91 Å². The molecule has 0 saturated heterocycles. The SMILES string of the molecule is COc1cccc(OC)c1C(=O)NC(=S)Nc1cccc(NC(=O)C(C)C)c1. The van der Waals surface area contributed by atoms with Crippen molar-refractivity contribution in [1.29, 1.82) is 0 Å². The quantitative estimate of drug-likeness (QED) is 0.643. The summed E-state index contributed by atoms with van der Waals surface area (Å²) in [5.41, 5.74) is 1.50. The first kappa shape index (κ1) is 21.2. The molecular formula is C20H23N3O4S. The van der Waals surface area contributed by atoms with Crippen LogP contribution in [0.4, 0.5) is 11.4 Å². The number of nitrogens with one attached hydrogen (secondary N) is 3. The molecular weight excluding hydrogens is 378 g/mol. The summed E-state index contributed by atoms with van der Waals surface area (Å²) in [4.78, 5) is 24.5. The number of amides is 2. The van der Waals surface area contributed by atoms with Crippen LogP contribution in [-0.4, -0.2) is 31.1 Å². The van der Waals surface area contributed by atoms with E-state index >= 15 is 0 Å². The number of methoxy groups -OCH3 is 2. The summed E-state index contributed by atoms with van der Waals surface area (Å²) in [5.74, 6) is 0.0660. The maximum atomic E-state index is 12.6. The first-order valence-electron chi connectivity index (χ1n) is 8.60. The van der Waals surface area contributed by atoms with Gasteiger partial charge < -0.3 is 20.1 Å². The van der Waals surface area contributed by atoms with Crippen LogP contribution in [0.3, 0.4) is 0 Å². The number of hydrogen-bond acceptors (Lipinski definition) is 5. The van der Waals surface area contributed by atoms with Crippen LogP contribution in [0, 0.1) is 5.92 Å². The maximum Gasteiger partial charge on any atom is 0.264 e. The number of thiocarbonyl (C=S) groups is 1. The van der Waals surface area contributed by atoms with Gasteiger partial charge in [0.15, 0.2) is 5.11 Å². The summed E-state index contributed by atoms with van der Waals surface area (Å²) in [6.45, 7) is 3.63. The van der Waals surface area contributed by atoms with Crippen LogP contribution in [0.1, 0.15) is 24.2 Å².